The maximum absolute atomic E-state index is 6.43. The molecule has 7 rings (SSSR count). The van der Waals surface area contributed by atoms with E-state index >= 15 is 0 Å². The van der Waals surface area contributed by atoms with Gasteiger partial charge in [0.05, 0.1) is 0 Å². The summed E-state index contributed by atoms with van der Waals surface area (Å²) in [5, 5.41) is 2.26. The molecule has 4 aromatic carbocycles. The van der Waals surface area contributed by atoms with Crippen LogP contribution in [-0.2, 0) is 26.5 Å². The van der Waals surface area contributed by atoms with Crippen LogP contribution in [0.1, 0.15) is 31.9 Å². The SMILES string of the molecule is Cc1cc(Oc2[c-]c3c(cc2)c2ccccc2n3-c2ccccn2)[c-]c(N2[CH-]N(C)c3cc(C(C)(C)C)ccc32)c1.[Pt]. The first-order chi connectivity index (χ1) is 19.8. The molecule has 6 heteroatoms. The van der Waals surface area contributed by atoms with Gasteiger partial charge in [-0.2, -0.15) is 18.3 Å². The van der Waals surface area contributed by atoms with Crippen LogP contribution in [0.25, 0.3) is 27.6 Å². The molecule has 0 amide bonds. The number of benzene rings is 4. The first-order valence-corrected chi connectivity index (χ1v) is 13.9. The van der Waals surface area contributed by atoms with E-state index < -0.39 is 0 Å². The number of para-hydroxylation sites is 1. The summed E-state index contributed by atoms with van der Waals surface area (Å²) in [5.41, 5.74) is 7.72. The number of ether oxygens (including phenoxy) is 1. The Morgan fingerprint density at radius 3 is 2.40 bits per heavy atom. The fourth-order valence-corrected chi connectivity index (χ4v) is 5.59. The van der Waals surface area contributed by atoms with Crippen molar-refractivity contribution in [2.24, 2.45) is 0 Å². The van der Waals surface area contributed by atoms with E-state index in [1.54, 1.807) is 0 Å². The zero-order chi connectivity index (χ0) is 28.3. The largest absolute Gasteiger partial charge is 0.509 e. The number of anilines is 3. The Balaban J connectivity index is 0.00000316. The van der Waals surface area contributed by atoms with Gasteiger partial charge in [-0.25, -0.2) is 4.98 Å². The molecule has 5 nitrogen and oxygen atoms in total. The molecule has 0 aliphatic carbocycles. The van der Waals surface area contributed by atoms with E-state index in [1.807, 2.05) is 36.5 Å². The van der Waals surface area contributed by atoms with Crippen molar-refractivity contribution in [2.45, 2.75) is 33.1 Å². The molecule has 2 aromatic heterocycles. The van der Waals surface area contributed by atoms with Crippen LogP contribution < -0.4 is 14.5 Å². The third-order valence-corrected chi connectivity index (χ3v) is 7.66. The van der Waals surface area contributed by atoms with Gasteiger partial charge in [0.2, 0.25) is 0 Å². The normalized spacial score (nSPS) is 13.0. The van der Waals surface area contributed by atoms with Crippen LogP contribution in [-0.4, -0.2) is 16.6 Å². The minimum atomic E-state index is 0. The molecular weight excluding hydrogens is 700 g/mol. The van der Waals surface area contributed by atoms with Crippen molar-refractivity contribution < 1.29 is 25.8 Å². The second-order valence-corrected chi connectivity index (χ2v) is 11.7. The van der Waals surface area contributed by atoms with Gasteiger partial charge >= 0.3 is 0 Å². The number of rotatable bonds is 4. The van der Waals surface area contributed by atoms with Crippen molar-refractivity contribution >= 4 is 38.9 Å². The molecule has 1 aliphatic rings. The van der Waals surface area contributed by atoms with Crippen molar-refractivity contribution in [3.8, 4) is 17.3 Å². The molecule has 42 heavy (non-hydrogen) atoms. The summed E-state index contributed by atoms with van der Waals surface area (Å²) in [6.45, 7) is 10.9. The van der Waals surface area contributed by atoms with Gasteiger partial charge in [0, 0.05) is 55.7 Å². The maximum Gasteiger partial charge on any atom is 0.135 e. The first kappa shape index (κ1) is 28.1. The number of aromatic nitrogens is 2. The standard InChI is InChI=1S/C36H31N4O.Pt/c1-24-18-26(39-23-38(5)34-20-25(36(2,3)4)13-16-32(34)39)21-28(19-24)41-27-14-15-30-29-10-6-7-11-31(29)40(33(30)22-27)35-12-8-9-17-37-35;/h6-20,23H,1-5H3;/q-3;. The Kier molecular flexibility index (Phi) is 7.11. The van der Waals surface area contributed by atoms with Crippen LogP contribution in [0.4, 0.5) is 17.1 Å². The maximum atomic E-state index is 6.43. The molecule has 0 unspecified atom stereocenters. The average Bonchev–Trinajstić information content (AvgIpc) is 3.47. The summed E-state index contributed by atoms with van der Waals surface area (Å²) < 4.78 is 8.57. The molecule has 0 fully saturated rings. The van der Waals surface area contributed by atoms with Crippen molar-refractivity contribution in [3.63, 3.8) is 0 Å². The fraction of sp³-hybridized carbons (Fsp3) is 0.167. The number of hydrogen-bond acceptors (Lipinski definition) is 4. The number of aryl methyl sites for hydroxylation is 1. The summed E-state index contributed by atoms with van der Waals surface area (Å²) >= 11 is 0. The quantitative estimate of drug-likeness (QED) is 0.170. The third kappa shape index (κ3) is 4.86. The van der Waals surface area contributed by atoms with Gasteiger partial charge in [0.15, 0.2) is 0 Å². The molecular formula is C36H31N4OPt-3. The van der Waals surface area contributed by atoms with Gasteiger partial charge in [0.1, 0.15) is 5.82 Å². The summed E-state index contributed by atoms with van der Waals surface area (Å²) in [4.78, 5) is 8.97. The topological polar surface area (TPSA) is 33.5 Å². The zero-order valence-electron chi connectivity index (χ0n) is 24.3. The van der Waals surface area contributed by atoms with Gasteiger partial charge in [-0.1, -0.05) is 63.5 Å². The Bertz CT molecular complexity index is 1920. The second-order valence-electron chi connectivity index (χ2n) is 11.7. The number of fused-ring (bicyclic) bond motifs is 4. The molecule has 0 spiro atoms. The predicted octanol–water partition coefficient (Wildman–Crippen LogP) is 8.88. The molecule has 0 saturated carbocycles. The minimum absolute atomic E-state index is 0. The molecule has 0 saturated heterocycles. The summed E-state index contributed by atoms with van der Waals surface area (Å²) in [7, 11) is 2.09. The monoisotopic (exact) mass is 730 g/mol. The van der Waals surface area contributed by atoms with Crippen LogP contribution in [0, 0.1) is 25.7 Å². The predicted molar refractivity (Wildman–Crippen MR) is 167 cm³/mol. The molecule has 0 radical (unpaired) electrons. The van der Waals surface area contributed by atoms with E-state index in [-0.39, 0.29) is 26.5 Å². The van der Waals surface area contributed by atoms with E-state index in [0.29, 0.717) is 11.5 Å². The molecule has 0 atom stereocenters. The van der Waals surface area contributed by atoms with E-state index in [4.69, 9.17) is 4.74 Å². The summed E-state index contributed by atoms with van der Waals surface area (Å²) in [6.07, 6.45) is 1.81. The van der Waals surface area contributed by atoms with Gasteiger partial charge in [-0.05, 0) is 53.7 Å². The van der Waals surface area contributed by atoms with Gasteiger partial charge in [-0.15, -0.1) is 41.4 Å². The molecule has 6 aromatic rings. The second kappa shape index (κ2) is 10.6. The average molecular weight is 731 g/mol. The van der Waals surface area contributed by atoms with Crippen LogP contribution in [0.2, 0.25) is 0 Å². The summed E-state index contributed by atoms with van der Waals surface area (Å²) in [6, 6.07) is 36.3. The fourth-order valence-electron chi connectivity index (χ4n) is 5.59. The van der Waals surface area contributed by atoms with E-state index in [9.17, 15) is 0 Å². The van der Waals surface area contributed by atoms with Crippen LogP contribution >= 0.6 is 0 Å². The van der Waals surface area contributed by atoms with Crippen molar-refractivity contribution in [2.75, 3.05) is 16.8 Å². The Hall–Kier alpha value is -4.08. The Morgan fingerprint density at radius 1 is 0.810 bits per heavy atom. The minimum Gasteiger partial charge on any atom is -0.509 e. The van der Waals surface area contributed by atoms with E-state index in [1.165, 1.54) is 11.3 Å². The third-order valence-electron chi connectivity index (χ3n) is 7.66. The summed E-state index contributed by atoms with van der Waals surface area (Å²) in [5.74, 6) is 2.12. The van der Waals surface area contributed by atoms with Gasteiger partial charge in [0.25, 0.3) is 0 Å². The smallest absolute Gasteiger partial charge is 0.135 e. The number of hydrogen-bond donors (Lipinski definition) is 0. The molecule has 3 heterocycles. The number of pyridine rings is 1. The zero-order valence-corrected chi connectivity index (χ0v) is 26.5. The first-order valence-electron chi connectivity index (χ1n) is 13.9. The van der Waals surface area contributed by atoms with Crippen molar-refractivity contribution in [3.05, 3.63) is 121 Å². The molecule has 214 valence electrons. The van der Waals surface area contributed by atoms with E-state index in [0.717, 1.165) is 44.6 Å². The van der Waals surface area contributed by atoms with Crippen molar-refractivity contribution in [1.29, 1.82) is 0 Å². The molecule has 0 N–H and O–H groups in total. The Morgan fingerprint density at radius 2 is 1.62 bits per heavy atom. The van der Waals surface area contributed by atoms with E-state index in [2.05, 4.69) is 127 Å². The van der Waals surface area contributed by atoms with Gasteiger partial charge in [-0.3, -0.25) is 0 Å². The molecule has 0 bridgehead atoms. The number of nitrogens with zero attached hydrogens (tertiary/aromatic N) is 4. The van der Waals surface area contributed by atoms with Crippen LogP contribution in [0.5, 0.6) is 11.5 Å². The van der Waals surface area contributed by atoms with Crippen LogP contribution in [0.3, 0.4) is 0 Å². The molecule has 1 aliphatic heterocycles. The van der Waals surface area contributed by atoms with Crippen molar-refractivity contribution in [1.82, 2.24) is 9.55 Å². The van der Waals surface area contributed by atoms with Gasteiger partial charge < -0.3 is 19.1 Å². The van der Waals surface area contributed by atoms with Crippen LogP contribution in [0.15, 0.2) is 91.1 Å². The Labute approximate surface area is 261 Å².